The van der Waals surface area contributed by atoms with Crippen molar-refractivity contribution >= 4 is 31.6 Å². The minimum atomic E-state index is -3.67. The van der Waals surface area contributed by atoms with Gasteiger partial charge in [0.2, 0.25) is 35.4 Å². The van der Waals surface area contributed by atoms with Gasteiger partial charge in [0.1, 0.15) is 24.2 Å². The molecule has 2 aliphatic heterocycles. The maximum absolute atomic E-state index is 13.8. The third kappa shape index (κ3) is 11.4. The number of piperidine rings is 2. The highest BCUT2D eigenvalue weighted by atomic mass is 32.2. The third-order valence-electron chi connectivity index (χ3n) is 12.8. The number of nitrogens with zero attached hydrogens (tertiary/aromatic N) is 16. The number of hydrogen-bond donors (Lipinski definition) is 0. The van der Waals surface area contributed by atoms with E-state index in [-0.39, 0.29) is 46.7 Å². The number of hydrogen-bond acceptors (Lipinski definition) is 22. The maximum Gasteiger partial charge on any atom is 0.245 e. The van der Waals surface area contributed by atoms with Crippen molar-refractivity contribution in [1.29, 1.82) is 0 Å². The lowest BCUT2D eigenvalue weighted by atomic mass is 10.1. The molecule has 0 amide bonds. The average molecular weight is 1070 g/mol. The first-order valence-electron chi connectivity index (χ1n) is 24.2. The van der Waals surface area contributed by atoms with E-state index >= 15 is 0 Å². The van der Waals surface area contributed by atoms with Crippen LogP contribution in [0.3, 0.4) is 0 Å². The SMILES string of the molecule is COc1ncnc(OC)c1-n1c(CS(=O)(=O)[C@@H]2CCCN(c3ncc(C)cn3)C2)nnc1-c1ccccc1.COc1ncnc(OC)c1-n1c(CS(=O)(=O)[C@H]2CCCN(c3ncc(C)cn3)C2)nnc1-c1ccccc1. The predicted molar refractivity (Wildman–Crippen MR) is 280 cm³/mol. The van der Waals surface area contributed by atoms with Crippen LogP contribution in [-0.2, 0) is 31.2 Å². The molecule has 396 valence electrons. The van der Waals surface area contributed by atoms with Crippen LogP contribution in [0.25, 0.3) is 34.2 Å². The molecule has 26 heteroatoms. The van der Waals surface area contributed by atoms with Gasteiger partial charge in [0.05, 0.1) is 38.9 Å². The van der Waals surface area contributed by atoms with Crippen molar-refractivity contribution in [2.75, 3.05) is 64.4 Å². The molecule has 0 spiro atoms. The highest BCUT2D eigenvalue weighted by Crippen LogP contribution is 2.37. The van der Waals surface area contributed by atoms with E-state index in [1.54, 1.807) is 33.9 Å². The number of ether oxygens (including phenoxy) is 4. The fourth-order valence-corrected chi connectivity index (χ4v) is 12.5. The van der Waals surface area contributed by atoms with Crippen molar-refractivity contribution in [3.8, 4) is 57.7 Å². The number of anilines is 2. The Bertz CT molecular complexity index is 3210. The van der Waals surface area contributed by atoms with E-state index in [4.69, 9.17) is 18.9 Å². The molecule has 0 saturated carbocycles. The van der Waals surface area contributed by atoms with E-state index in [1.807, 2.05) is 84.3 Å². The summed E-state index contributed by atoms with van der Waals surface area (Å²) in [5, 5.41) is 16.1. The van der Waals surface area contributed by atoms with Gasteiger partial charge in [0.25, 0.3) is 0 Å². The van der Waals surface area contributed by atoms with Crippen LogP contribution in [-0.4, -0.2) is 151 Å². The lowest BCUT2D eigenvalue weighted by Gasteiger charge is -2.32. The van der Waals surface area contributed by atoms with Crippen LogP contribution >= 0.6 is 0 Å². The Balaban J connectivity index is 0.000000186. The fraction of sp³-hybridized carbons (Fsp3) is 0.360. The largest absolute Gasteiger partial charge is 0.479 e. The normalized spacial score (nSPS) is 15.9. The van der Waals surface area contributed by atoms with Crippen molar-refractivity contribution in [1.82, 2.24) is 69.4 Å². The van der Waals surface area contributed by atoms with Gasteiger partial charge in [-0.15, -0.1) is 20.4 Å². The van der Waals surface area contributed by atoms with E-state index in [1.165, 1.54) is 41.1 Å². The van der Waals surface area contributed by atoms with Gasteiger partial charge in [0.15, 0.2) is 54.3 Å². The Kier molecular flexibility index (Phi) is 16.0. The Morgan fingerprint density at radius 2 is 0.829 bits per heavy atom. The van der Waals surface area contributed by atoms with E-state index in [0.29, 0.717) is 86.8 Å². The molecule has 2 atom stereocenters. The summed E-state index contributed by atoms with van der Waals surface area (Å²) in [6, 6.07) is 18.7. The minimum Gasteiger partial charge on any atom is -0.479 e. The summed E-state index contributed by atoms with van der Waals surface area (Å²) in [6.45, 7) is 5.81. The summed E-state index contributed by atoms with van der Waals surface area (Å²) in [4.78, 5) is 38.2. The van der Waals surface area contributed by atoms with Gasteiger partial charge in [-0.2, -0.15) is 19.9 Å². The number of benzene rings is 2. The van der Waals surface area contributed by atoms with Crippen LogP contribution in [0.15, 0.2) is 98.1 Å². The van der Waals surface area contributed by atoms with Crippen molar-refractivity contribution in [2.24, 2.45) is 0 Å². The van der Waals surface area contributed by atoms with Crippen molar-refractivity contribution < 1.29 is 35.8 Å². The van der Waals surface area contributed by atoms with E-state index in [9.17, 15) is 16.8 Å². The van der Waals surface area contributed by atoms with E-state index in [2.05, 4.69) is 60.3 Å². The first kappa shape index (κ1) is 52.6. The zero-order valence-corrected chi connectivity index (χ0v) is 44.3. The Morgan fingerprint density at radius 3 is 1.16 bits per heavy atom. The van der Waals surface area contributed by atoms with Crippen molar-refractivity contribution in [2.45, 2.75) is 61.5 Å². The third-order valence-corrected chi connectivity index (χ3v) is 16.9. The lowest BCUT2D eigenvalue weighted by molar-refractivity contribution is 0.368. The molecule has 2 saturated heterocycles. The minimum absolute atomic E-state index is 0.202. The second kappa shape index (κ2) is 23.1. The zero-order chi connectivity index (χ0) is 53.4. The molecule has 8 heterocycles. The van der Waals surface area contributed by atoms with Crippen LogP contribution in [0.1, 0.15) is 48.5 Å². The summed E-state index contributed by atoms with van der Waals surface area (Å²) in [5.41, 5.74) is 4.00. The van der Waals surface area contributed by atoms with Crippen molar-refractivity contribution in [3.05, 3.63) is 121 Å². The highest BCUT2D eigenvalue weighted by Gasteiger charge is 2.37. The molecule has 0 unspecified atom stereocenters. The second-order valence-electron chi connectivity index (χ2n) is 17.9. The molecule has 76 heavy (non-hydrogen) atoms. The Labute approximate surface area is 439 Å². The van der Waals surface area contributed by atoms with E-state index in [0.717, 1.165) is 22.3 Å². The summed E-state index contributed by atoms with van der Waals surface area (Å²) in [7, 11) is -1.45. The molecular formula is C50H56N16O8S2. The molecule has 8 aromatic rings. The van der Waals surface area contributed by atoms with Gasteiger partial charge in [-0.3, -0.25) is 9.13 Å². The number of sulfone groups is 2. The molecule has 0 bridgehead atoms. The van der Waals surface area contributed by atoms with Crippen LogP contribution in [0.5, 0.6) is 23.5 Å². The lowest BCUT2D eigenvalue weighted by Crippen LogP contribution is -2.43. The molecule has 24 nitrogen and oxygen atoms in total. The van der Waals surface area contributed by atoms with Crippen LogP contribution in [0, 0.1) is 13.8 Å². The van der Waals surface area contributed by atoms with Crippen LogP contribution in [0.2, 0.25) is 0 Å². The molecule has 2 aliphatic rings. The van der Waals surface area contributed by atoms with Gasteiger partial charge < -0.3 is 28.7 Å². The molecule has 0 N–H and O–H groups in total. The molecule has 0 aliphatic carbocycles. The highest BCUT2D eigenvalue weighted by molar-refractivity contribution is 7.91. The van der Waals surface area contributed by atoms with Gasteiger partial charge in [-0.25, -0.2) is 36.8 Å². The topological polar surface area (TPSA) is 276 Å². The monoisotopic (exact) mass is 1070 g/mol. The summed E-state index contributed by atoms with van der Waals surface area (Å²) >= 11 is 0. The summed E-state index contributed by atoms with van der Waals surface area (Å²) < 4.78 is 80.3. The molecule has 10 rings (SSSR count). The second-order valence-corrected chi connectivity index (χ2v) is 22.5. The van der Waals surface area contributed by atoms with Crippen LogP contribution in [0.4, 0.5) is 11.9 Å². The standard InChI is InChI=1S/2C25H28N8O4S/c2*1-17-12-26-25(27-13-17)32-11-7-10-19(14-32)38(34,35)15-20-30-31-22(18-8-5-4-6-9-18)33(20)21-23(36-2)28-16-29-24(21)37-3/h2*4-6,8-9,12-13,16,19H,7,10-11,14-15H2,1-3H3/t2*19-/m10/s1. The predicted octanol–water partition coefficient (Wildman–Crippen LogP) is 4.85. The van der Waals surface area contributed by atoms with Gasteiger partial charge in [0, 0.05) is 62.1 Å². The fourth-order valence-electron chi connectivity index (χ4n) is 9.03. The molecule has 2 aromatic carbocycles. The summed E-state index contributed by atoms with van der Waals surface area (Å²) in [5.74, 6) is 2.42. The smallest absolute Gasteiger partial charge is 0.245 e. The molecule has 6 aromatic heterocycles. The van der Waals surface area contributed by atoms with Gasteiger partial charge in [-0.05, 0) is 50.7 Å². The van der Waals surface area contributed by atoms with Gasteiger partial charge >= 0.3 is 0 Å². The number of aryl methyl sites for hydroxylation is 2. The first-order valence-corrected chi connectivity index (χ1v) is 27.6. The first-order chi connectivity index (χ1) is 36.8. The molecule has 0 radical (unpaired) electrons. The van der Waals surface area contributed by atoms with E-state index < -0.39 is 30.2 Å². The number of aromatic nitrogens is 14. The molecule has 2 fully saturated rings. The Hall–Kier alpha value is -8.26. The quantitative estimate of drug-likeness (QED) is 0.125. The summed E-state index contributed by atoms with van der Waals surface area (Å²) in [6.07, 6.45) is 12.0. The zero-order valence-electron chi connectivity index (χ0n) is 42.7. The molecular weight excluding hydrogens is 1020 g/mol. The number of methoxy groups -OCH3 is 4. The van der Waals surface area contributed by atoms with Crippen LogP contribution < -0.4 is 28.7 Å². The maximum atomic E-state index is 13.8. The number of rotatable bonds is 16. The van der Waals surface area contributed by atoms with Gasteiger partial charge in [-0.1, -0.05) is 60.7 Å². The van der Waals surface area contributed by atoms with Crippen molar-refractivity contribution in [3.63, 3.8) is 0 Å². The average Bonchev–Trinajstić information content (AvgIpc) is 4.06. The Morgan fingerprint density at radius 1 is 0.487 bits per heavy atom.